The van der Waals surface area contributed by atoms with Crippen LogP contribution in [0.15, 0.2) is 41.6 Å². The molecule has 0 bridgehead atoms. The summed E-state index contributed by atoms with van der Waals surface area (Å²) in [5.74, 6) is 0.484. The number of anilines is 1. The average molecular weight is 312 g/mol. The standard InChI is InChI=1S/C19H24N2O2/c1-13-17(11-12-18(13)22)20-16-9-7-14(8-10-16)19(23)21-15-5-3-2-4-6-15/h2-6,14,16,20H,7-12H2,1H3,(H,21,23). The molecule has 4 heteroatoms. The Morgan fingerprint density at radius 2 is 1.74 bits per heavy atom. The van der Waals surface area contributed by atoms with Crippen LogP contribution in [0, 0.1) is 5.92 Å². The molecule has 4 nitrogen and oxygen atoms in total. The number of benzene rings is 1. The molecule has 23 heavy (non-hydrogen) atoms. The van der Waals surface area contributed by atoms with Crippen molar-refractivity contribution in [3.63, 3.8) is 0 Å². The second-order valence-electron chi connectivity index (χ2n) is 6.57. The number of ketones is 1. The number of Topliss-reactive ketones (excluding diaryl/α,β-unsaturated/α-hetero) is 1. The van der Waals surface area contributed by atoms with Gasteiger partial charge in [0.25, 0.3) is 0 Å². The first kappa shape index (κ1) is 15.8. The maximum atomic E-state index is 12.3. The first-order valence-corrected chi connectivity index (χ1v) is 8.49. The third kappa shape index (κ3) is 3.81. The van der Waals surface area contributed by atoms with Gasteiger partial charge >= 0.3 is 0 Å². The van der Waals surface area contributed by atoms with E-state index in [0.29, 0.717) is 12.5 Å². The molecule has 0 aliphatic heterocycles. The summed E-state index contributed by atoms with van der Waals surface area (Å²) < 4.78 is 0. The summed E-state index contributed by atoms with van der Waals surface area (Å²) in [6.07, 6.45) is 5.25. The van der Waals surface area contributed by atoms with Gasteiger partial charge in [-0.1, -0.05) is 18.2 Å². The molecule has 2 aliphatic rings. The van der Waals surface area contributed by atoms with Crippen molar-refractivity contribution < 1.29 is 9.59 Å². The second-order valence-corrected chi connectivity index (χ2v) is 6.57. The Morgan fingerprint density at radius 1 is 1.04 bits per heavy atom. The Bertz CT molecular complexity index is 614. The lowest BCUT2D eigenvalue weighted by molar-refractivity contribution is -0.120. The Morgan fingerprint density at radius 3 is 2.35 bits per heavy atom. The van der Waals surface area contributed by atoms with Crippen LogP contribution in [-0.4, -0.2) is 17.7 Å². The molecule has 0 saturated heterocycles. The molecule has 0 unspecified atom stereocenters. The van der Waals surface area contributed by atoms with Crippen molar-refractivity contribution in [2.24, 2.45) is 5.92 Å². The van der Waals surface area contributed by atoms with Crippen LogP contribution < -0.4 is 10.6 Å². The van der Waals surface area contributed by atoms with Crippen molar-refractivity contribution in [1.82, 2.24) is 5.32 Å². The number of hydrogen-bond donors (Lipinski definition) is 2. The Labute approximate surface area is 137 Å². The summed E-state index contributed by atoms with van der Waals surface area (Å²) >= 11 is 0. The van der Waals surface area contributed by atoms with Gasteiger partial charge < -0.3 is 10.6 Å². The molecule has 1 aromatic carbocycles. The number of allylic oxidation sites excluding steroid dienone is 2. The summed E-state index contributed by atoms with van der Waals surface area (Å²) in [5, 5.41) is 6.53. The van der Waals surface area contributed by atoms with Crippen LogP contribution in [0.2, 0.25) is 0 Å². The molecule has 0 aromatic heterocycles. The minimum atomic E-state index is 0.0912. The van der Waals surface area contributed by atoms with Gasteiger partial charge in [-0.25, -0.2) is 0 Å². The first-order valence-electron chi connectivity index (χ1n) is 8.49. The van der Waals surface area contributed by atoms with Gasteiger partial charge in [-0.15, -0.1) is 0 Å². The van der Waals surface area contributed by atoms with E-state index in [1.165, 1.54) is 0 Å². The van der Waals surface area contributed by atoms with Gasteiger partial charge in [-0.2, -0.15) is 0 Å². The van der Waals surface area contributed by atoms with Crippen LogP contribution in [0.3, 0.4) is 0 Å². The van der Waals surface area contributed by atoms with Gasteiger partial charge in [0, 0.05) is 35.3 Å². The third-order valence-electron chi connectivity index (χ3n) is 4.99. The molecular formula is C19H24N2O2. The molecule has 1 saturated carbocycles. The second kappa shape index (κ2) is 6.99. The molecule has 122 valence electrons. The molecular weight excluding hydrogens is 288 g/mol. The van der Waals surface area contributed by atoms with Gasteiger partial charge in [0.05, 0.1) is 0 Å². The minimum absolute atomic E-state index is 0.0912. The van der Waals surface area contributed by atoms with Crippen molar-refractivity contribution in [3.8, 4) is 0 Å². The highest BCUT2D eigenvalue weighted by Gasteiger charge is 2.28. The number of carbonyl (C=O) groups is 2. The number of nitrogens with one attached hydrogen (secondary N) is 2. The number of hydrogen-bond acceptors (Lipinski definition) is 3. The van der Waals surface area contributed by atoms with Gasteiger partial charge in [-0.3, -0.25) is 9.59 Å². The lowest BCUT2D eigenvalue weighted by Gasteiger charge is -2.29. The fourth-order valence-corrected chi connectivity index (χ4v) is 3.47. The molecule has 0 spiro atoms. The molecule has 1 fully saturated rings. The zero-order valence-corrected chi connectivity index (χ0v) is 13.6. The SMILES string of the molecule is CC1=C(NC2CCC(C(=O)Nc3ccccc3)CC2)CCC1=O. The number of para-hydroxylation sites is 1. The predicted molar refractivity (Wildman–Crippen MR) is 90.9 cm³/mol. The molecule has 1 aromatic rings. The molecule has 0 heterocycles. The first-order chi connectivity index (χ1) is 11.1. The highest BCUT2D eigenvalue weighted by molar-refractivity contribution is 5.98. The van der Waals surface area contributed by atoms with E-state index in [2.05, 4.69) is 10.6 Å². The zero-order valence-electron chi connectivity index (χ0n) is 13.6. The number of rotatable bonds is 4. The fraction of sp³-hybridized carbons (Fsp3) is 0.474. The Balaban J connectivity index is 1.49. The van der Waals surface area contributed by atoms with E-state index < -0.39 is 0 Å². The number of amides is 1. The maximum Gasteiger partial charge on any atom is 0.227 e. The minimum Gasteiger partial charge on any atom is -0.385 e. The van der Waals surface area contributed by atoms with Crippen LogP contribution >= 0.6 is 0 Å². The van der Waals surface area contributed by atoms with Gasteiger partial charge in [0.15, 0.2) is 5.78 Å². The van der Waals surface area contributed by atoms with Crippen molar-refractivity contribution in [1.29, 1.82) is 0 Å². The largest absolute Gasteiger partial charge is 0.385 e. The highest BCUT2D eigenvalue weighted by Crippen LogP contribution is 2.28. The van der Waals surface area contributed by atoms with E-state index in [-0.39, 0.29) is 17.6 Å². The summed E-state index contributed by atoms with van der Waals surface area (Å²) in [6.45, 7) is 1.91. The third-order valence-corrected chi connectivity index (χ3v) is 4.99. The lowest BCUT2D eigenvalue weighted by Crippen LogP contribution is -2.36. The Hall–Kier alpha value is -2.10. The van der Waals surface area contributed by atoms with Gasteiger partial charge in [-0.05, 0) is 51.2 Å². The van der Waals surface area contributed by atoms with Crippen molar-refractivity contribution in [2.45, 2.75) is 51.5 Å². The van der Waals surface area contributed by atoms with Gasteiger partial charge in [0.1, 0.15) is 0 Å². The fourth-order valence-electron chi connectivity index (χ4n) is 3.47. The summed E-state index contributed by atoms with van der Waals surface area (Å²) in [7, 11) is 0. The van der Waals surface area contributed by atoms with E-state index in [4.69, 9.17) is 0 Å². The van der Waals surface area contributed by atoms with Gasteiger partial charge in [0.2, 0.25) is 5.91 Å². The van der Waals surface area contributed by atoms with E-state index in [1.54, 1.807) is 0 Å². The molecule has 0 atom stereocenters. The molecule has 2 aliphatic carbocycles. The smallest absolute Gasteiger partial charge is 0.227 e. The maximum absolute atomic E-state index is 12.3. The quantitative estimate of drug-likeness (QED) is 0.895. The summed E-state index contributed by atoms with van der Waals surface area (Å²) in [5.41, 5.74) is 2.88. The van der Waals surface area contributed by atoms with Crippen LogP contribution in [0.1, 0.15) is 45.4 Å². The topological polar surface area (TPSA) is 58.2 Å². The van der Waals surface area contributed by atoms with Crippen LogP contribution in [0.4, 0.5) is 5.69 Å². The van der Waals surface area contributed by atoms with Crippen molar-refractivity contribution in [2.75, 3.05) is 5.32 Å². The van der Waals surface area contributed by atoms with Crippen molar-refractivity contribution in [3.05, 3.63) is 41.6 Å². The summed E-state index contributed by atoms with van der Waals surface area (Å²) in [6, 6.07) is 10.0. The normalized spacial score (nSPS) is 24.7. The van der Waals surface area contributed by atoms with E-state index >= 15 is 0 Å². The molecule has 1 amide bonds. The predicted octanol–water partition coefficient (Wildman–Crippen LogP) is 3.41. The number of carbonyl (C=O) groups excluding carboxylic acids is 2. The molecule has 3 rings (SSSR count). The summed E-state index contributed by atoms with van der Waals surface area (Å²) in [4.78, 5) is 23.9. The molecule has 2 N–H and O–H groups in total. The average Bonchev–Trinajstić information content (AvgIpc) is 2.88. The van der Waals surface area contributed by atoms with E-state index in [0.717, 1.165) is 49.1 Å². The van der Waals surface area contributed by atoms with Crippen LogP contribution in [0.5, 0.6) is 0 Å². The highest BCUT2D eigenvalue weighted by atomic mass is 16.2. The van der Waals surface area contributed by atoms with E-state index in [9.17, 15) is 9.59 Å². The van der Waals surface area contributed by atoms with Crippen molar-refractivity contribution >= 4 is 17.4 Å². The molecule has 0 radical (unpaired) electrons. The van der Waals surface area contributed by atoms with E-state index in [1.807, 2.05) is 37.3 Å². The lowest BCUT2D eigenvalue weighted by atomic mass is 9.85. The van der Waals surface area contributed by atoms with Crippen LogP contribution in [0.25, 0.3) is 0 Å². The zero-order chi connectivity index (χ0) is 16.2. The van der Waals surface area contributed by atoms with Crippen LogP contribution in [-0.2, 0) is 9.59 Å². The Kier molecular flexibility index (Phi) is 4.79. The monoisotopic (exact) mass is 312 g/mol.